The van der Waals surface area contributed by atoms with Crippen molar-refractivity contribution in [2.75, 3.05) is 5.32 Å². The number of carbonyl (C=O) groups is 1. The zero-order chi connectivity index (χ0) is 14.7. The summed E-state index contributed by atoms with van der Waals surface area (Å²) in [5.74, 6) is -1.11. The lowest BCUT2D eigenvalue weighted by Crippen LogP contribution is -2.00. The molecule has 2 aromatic rings. The SMILES string of the molecule is Cc1cc(F)c(Br)cc1NCc1ccc(CC(=O)O)s1. The van der Waals surface area contributed by atoms with Crippen molar-refractivity contribution < 1.29 is 14.3 Å². The van der Waals surface area contributed by atoms with Crippen molar-refractivity contribution in [3.8, 4) is 0 Å². The highest BCUT2D eigenvalue weighted by molar-refractivity contribution is 9.10. The molecule has 6 heteroatoms. The minimum absolute atomic E-state index is 0.0474. The van der Waals surface area contributed by atoms with Crippen LogP contribution in [0.2, 0.25) is 0 Å². The molecule has 0 bridgehead atoms. The summed E-state index contributed by atoms with van der Waals surface area (Å²) in [7, 11) is 0. The highest BCUT2D eigenvalue weighted by Crippen LogP contribution is 2.25. The maximum atomic E-state index is 13.3. The van der Waals surface area contributed by atoms with E-state index in [2.05, 4.69) is 21.2 Å². The Morgan fingerprint density at radius 3 is 2.80 bits per heavy atom. The monoisotopic (exact) mass is 357 g/mol. The summed E-state index contributed by atoms with van der Waals surface area (Å²) < 4.78 is 13.7. The summed E-state index contributed by atoms with van der Waals surface area (Å²) in [4.78, 5) is 12.5. The van der Waals surface area contributed by atoms with Crippen molar-refractivity contribution in [3.05, 3.63) is 49.9 Å². The summed E-state index contributed by atoms with van der Waals surface area (Å²) in [5, 5.41) is 12.0. The molecule has 20 heavy (non-hydrogen) atoms. The van der Waals surface area contributed by atoms with E-state index in [4.69, 9.17) is 5.11 Å². The summed E-state index contributed by atoms with van der Waals surface area (Å²) in [6.45, 7) is 2.42. The van der Waals surface area contributed by atoms with Crippen molar-refractivity contribution >= 4 is 38.9 Å². The largest absolute Gasteiger partial charge is 0.481 e. The molecule has 0 amide bonds. The van der Waals surface area contributed by atoms with Crippen molar-refractivity contribution in [3.63, 3.8) is 0 Å². The second-order valence-electron chi connectivity index (χ2n) is 4.37. The first-order valence-electron chi connectivity index (χ1n) is 5.94. The van der Waals surface area contributed by atoms with Crippen LogP contribution in [0.3, 0.4) is 0 Å². The van der Waals surface area contributed by atoms with E-state index in [0.29, 0.717) is 11.0 Å². The van der Waals surface area contributed by atoms with E-state index in [1.807, 2.05) is 19.1 Å². The summed E-state index contributed by atoms with van der Waals surface area (Å²) in [5.41, 5.74) is 1.68. The first kappa shape index (κ1) is 15.0. The number of hydrogen-bond donors (Lipinski definition) is 2. The zero-order valence-electron chi connectivity index (χ0n) is 10.7. The molecule has 0 atom stereocenters. The van der Waals surface area contributed by atoms with Gasteiger partial charge in [-0.15, -0.1) is 11.3 Å². The van der Waals surface area contributed by atoms with Crippen LogP contribution in [0.5, 0.6) is 0 Å². The fraction of sp³-hybridized carbons (Fsp3) is 0.214. The Labute approximate surface area is 128 Å². The third-order valence-corrected chi connectivity index (χ3v) is 4.46. The summed E-state index contributed by atoms with van der Waals surface area (Å²) in [6.07, 6.45) is 0.0474. The fourth-order valence-electron chi connectivity index (χ4n) is 1.78. The Bertz CT molecular complexity index is 642. The smallest absolute Gasteiger partial charge is 0.308 e. The van der Waals surface area contributed by atoms with E-state index >= 15 is 0 Å². The number of aliphatic carboxylic acids is 1. The van der Waals surface area contributed by atoms with Crippen LogP contribution in [0.25, 0.3) is 0 Å². The van der Waals surface area contributed by atoms with Crippen molar-refractivity contribution in [2.24, 2.45) is 0 Å². The maximum absolute atomic E-state index is 13.3. The number of thiophene rings is 1. The molecule has 0 aliphatic heterocycles. The van der Waals surface area contributed by atoms with Crippen LogP contribution in [0, 0.1) is 12.7 Å². The fourth-order valence-corrected chi connectivity index (χ4v) is 3.07. The number of anilines is 1. The molecule has 0 fully saturated rings. The molecular formula is C14H13BrFNO2S. The highest BCUT2D eigenvalue weighted by Gasteiger charge is 2.07. The second-order valence-corrected chi connectivity index (χ2v) is 6.48. The van der Waals surface area contributed by atoms with E-state index in [0.717, 1.165) is 21.0 Å². The van der Waals surface area contributed by atoms with Gasteiger partial charge in [-0.1, -0.05) is 0 Å². The lowest BCUT2D eigenvalue weighted by molar-refractivity contribution is -0.136. The van der Waals surface area contributed by atoms with Crippen LogP contribution < -0.4 is 5.32 Å². The van der Waals surface area contributed by atoms with Gasteiger partial charge in [-0.2, -0.15) is 0 Å². The molecule has 1 aromatic carbocycles. The number of aryl methyl sites for hydroxylation is 1. The molecule has 0 saturated heterocycles. The number of nitrogens with one attached hydrogen (secondary N) is 1. The summed E-state index contributed by atoms with van der Waals surface area (Å²) in [6, 6.07) is 6.90. The third kappa shape index (κ3) is 3.80. The van der Waals surface area contributed by atoms with E-state index in [1.165, 1.54) is 17.4 Å². The summed E-state index contributed by atoms with van der Waals surface area (Å²) >= 11 is 4.62. The van der Waals surface area contributed by atoms with Gasteiger partial charge in [-0.3, -0.25) is 4.79 Å². The third-order valence-electron chi connectivity index (χ3n) is 2.76. The number of hydrogen-bond acceptors (Lipinski definition) is 3. The van der Waals surface area contributed by atoms with Crippen LogP contribution in [0.4, 0.5) is 10.1 Å². The average molecular weight is 358 g/mol. The Morgan fingerprint density at radius 1 is 1.40 bits per heavy atom. The zero-order valence-corrected chi connectivity index (χ0v) is 13.1. The molecule has 106 valence electrons. The van der Waals surface area contributed by atoms with Crippen LogP contribution in [-0.4, -0.2) is 11.1 Å². The molecule has 2 N–H and O–H groups in total. The normalized spacial score (nSPS) is 10.6. The van der Waals surface area contributed by atoms with Crippen molar-refractivity contribution in [2.45, 2.75) is 19.9 Å². The topological polar surface area (TPSA) is 49.3 Å². The van der Waals surface area contributed by atoms with Gasteiger partial charge in [0.2, 0.25) is 0 Å². The average Bonchev–Trinajstić information content (AvgIpc) is 2.79. The van der Waals surface area contributed by atoms with E-state index in [9.17, 15) is 9.18 Å². The van der Waals surface area contributed by atoms with Gasteiger partial charge in [-0.05, 0) is 52.7 Å². The number of carboxylic acid groups (broad SMARTS) is 1. The Hall–Kier alpha value is -1.40. The lowest BCUT2D eigenvalue weighted by Gasteiger charge is -2.09. The van der Waals surface area contributed by atoms with Gasteiger partial charge in [0.25, 0.3) is 0 Å². The molecule has 1 heterocycles. The molecule has 0 spiro atoms. The molecule has 0 aliphatic rings. The van der Waals surface area contributed by atoms with E-state index < -0.39 is 5.97 Å². The minimum Gasteiger partial charge on any atom is -0.481 e. The number of halogens is 2. The first-order chi connectivity index (χ1) is 9.45. The molecule has 0 radical (unpaired) electrons. The van der Waals surface area contributed by atoms with E-state index in [1.54, 1.807) is 6.07 Å². The lowest BCUT2D eigenvalue weighted by atomic mass is 10.2. The second kappa shape index (κ2) is 6.37. The molecule has 1 aromatic heterocycles. The first-order valence-corrected chi connectivity index (χ1v) is 7.55. The van der Waals surface area contributed by atoms with Crippen LogP contribution >= 0.6 is 27.3 Å². The van der Waals surface area contributed by atoms with Crippen molar-refractivity contribution in [1.82, 2.24) is 0 Å². The predicted molar refractivity (Wildman–Crippen MR) is 81.8 cm³/mol. The van der Waals surface area contributed by atoms with Gasteiger partial charge in [0.1, 0.15) is 5.82 Å². The van der Waals surface area contributed by atoms with Crippen molar-refractivity contribution in [1.29, 1.82) is 0 Å². The number of rotatable bonds is 5. The molecule has 0 aliphatic carbocycles. The van der Waals surface area contributed by atoms with Gasteiger partial charge in [0, 0.05) is 22.0 Å². The number of benzene rings is 1. The Balaban J connectivity index is 2.03. The predicted octanol–water partition coefficient (Wildman–Crippen LogP) is 4.20. The molecular weight excluding hydrogens is 345 g/mol. The van der Waals surface area contributed by atoms with Gasteiger partial charge in [-0.25, -0.2) is 4.39 Å². The number of carboxylic acids is 1. The van der Waals surface area contributed by atoms with Crippen LogP contribution in [0.1, 0.15) is 15.3 Å². The van der Waals surface area contributed by atoms with Crippen LogP contribution in [-0.2, 0) is 17.8 Å². The van der Waals surface area contributed by atoms with Gasteiger partial charge in [0.15, 0.2) is 0 Å². The molecule has 3 nitrogen and oxygen atoms in total. The molecule has 0 saturated carbocycles. The molecule has 0 unspecified atom stereocenters. The van der Waals surface area contributed by atoms with Gasteiger partial charge < -0.3 is 10.4 Å². The van der Waals surface area contributed by atoms with Gasteiger partial charge >= 0.3 is 5.97 Å². The Morgan fingerprint density at radius 2 is 2.10 bits per heavy atom. The quantitative estimate of drug-likeness (QED) is 0.842. The Kier molecular flexibility index (Phi) is 4.77. The van der Waals surface area contributed by atoms with E-state index in [-0.39, 0.29) is 12.2 Å². The molecule has 2 rings (SSSR count). The highest BCUT2D eigenvalue weighted by atomic mass is 79.9. The van der Waals surface area contributed by atoms with Gasteiger partial charge in [0.05, 0.1) is 10.9 Å². The standard InChI is InChI=1S/C14H13BrFNO2S/c1-8-4-12(16)11(15)6-13(8)17-7-10-3-2-9(20-10)5-14(18)19/h2-4,6,17H,5,7H2,1H3,(H,18,19). The maximum Gasteiger partial charge on any atom is 0.308 e. The minimum atomic E-state index is -0.829. The van der Waals surface area contributed by atoms with Crippen LogP contribution in [0.15, 0.2) is 28.7 Å².